The molecule has 16 nitrogen and oxygen atoms in total. The Hall–Kier alpha value is -5.72. The fourth-order valence-corrected chi connectivity index (χ4v) is 9.98. The van der Waals surface area contributed by atoms with E-state index in [1.807, 2.05) is 32.0 Å². The lowest BCUT2D eigenvalue weighted by molar-refractivity contribution is -0.137. The molecule has 0 bridgehead atoms. The quantitative estimate of drug-likeness (QED) is 0.157. The van der Waals surface area contributed by atoms with E-state index in [-0.39, 0.29) is 97.0 Å². The number of halogens is 3. The SMILES string of the molecule is CNC(=O)COc1cc2cc(Nc3nc(N4CCC(OC5CC(N6CCC(F)(c7ccc8c(c7F)CN([C@@H]7CCC(=O)NC7=O)C8=O)CC6)C5)CC4)ncc3Cl)ccc2n(C(C)C)c1=O. The molecular weight excluding hydrogens is 864 g/mol. The molecule has 65 heavy (non-hydrogen) atoms. The Morgan fingerprint density at radius 2 is 1.77 bits per heavy atom. The second kappa shape index (κ2) is 17.9. The summed E-state index contributed by atoms with van der Waals surface area (Å²) in [6.45, 7) is 5.72. The van der Waals surface area contributed by atoms with Crippen LogP contribution in [0.2, 0.25) is 5.02 Å². The summed E-state index contributed by atoms with van der Waals surface area (Å²) in [5, 5.41) is 9.11. The maximum atomic E-state index is 16.5. The van der Waals surface area contributed by atoms with Gasteiger partial charge >= 0.3 is 0 Å². The molecule has 4 aliphatic heterocycles. The molecular formula is C46H52ClF2N9O7. The molecule has 4 amide bonds. The number of ether oxygens (including phenoxy) is 2. The van der Waals surface area contributed by atoms with Crippen LogP contribution in [0.15, 0.2) is 47.4 Å². The minimum atomic E-state index is -1.88. The zero-order valence-electron chi connectivity index (χ0n) is 36.5. The number of nitrogens with one attached hydrogen (secondary N) is 3. The van der Waals surface area contributed by atoms with Crippen LogP contribution in [-0.2, 0) is 31.3 Å². The van der Waals surface area contributed by atoms with Gasteiger partial charge in [-0.3, -0.25) is 34.2 Å². The van der Waals surface area contributed by atoms with E-state index in [0.29, 0.717) is 54.2 Å². The van der Waals surface area contributed by atoms with Gasteiger partial charge in [0.2, 0.25) is 17.8 Å². The van der Waals surface area contributed by atoms with Crippen LogP contribution >= 0.6 is 11.6 Å². The Balaban J connectivity index is 0.755. The summed E-state index contributed by atoms with van der Waals surface area (Å²) in [5.74, 6) is -1.51. The Morgan fingerprint density at radius 3 is 2.48 bits per heavy atom. The lowest BCUT2D eigenvalue weighted by atomic mass is 9.81. The third-order valence-electron chi connectivity index (χ3n) is 13.6. The number of imide groups is 1. The van der Waals surface area contributed by atoms with E-state index in [1.165, 1.54) is 24.1 Å². The van der Waals surface area contributed by atoms with Crippen LogP contribution in [-0.4, -0.2) is 112 Å². The number of aromatic nitrogens is 3. The van der Waals surface area contributed by atoms with Gasteiger partial charge in [0.15, 0.2) is 18.2 Å². The molecule has 4 aromatic rings. The first-order valence-electron chi connectivity index (χ1n) is 22.3. The van der Waals surface area contributed by atoms with Crippen LogP contribution < -0.4 is 31.1 Å². The Labute approximate surface area is 379 Å². The summed E-state index contributed by atoms with van der Waals surface area (Å²) in [6.07, 6.45) is 5.53. The highest BCUT2D eigenvalue weighted by Crippen LogP contribution is 2.44. The van der Waals surface area contributed by atoms with Crippen LogP contribution in [0.4, 0.5) is 26.2 Å². The third-order valence-corrected chi connectivity index (χ3v) is 13.8. The van der Waals surface area contributed by atoms with Gasteiger partial charge in [-0.15, -0.1) is 0 Å². The van der Waals surface area contributed by atoms with Crippen molar-refractivity contribution in [3.05, 3.63) is 80.5 Å². The molecule has 3 N–H and O–H groups in total. The summed E-state index contributed by atoms with van der Waals surface area (Å²) >= 11 is 6.58. The van der Waals surface area contributed by atoms with Crippen molar-refractivity contribution in [1.29, 1.82) is 0 Å². The molecule has 5 aliphatic rings. The van der Waals surface area contributed by atoms with Gasteiger partial charge in [-0.05, 0) is 89.1 Å². The number of benzene rings is 2. The van der Waals surface area contributed by atoms with Gasteiger partial charge in [0.05, 0.1) is 30.5 Å². The molecule has 6 heterocycles. The number of piperidine rings is 3. The molecule has 344 valence electrons. The summed E-state index contributed by atoms with van der Waals surface area (Å²) < 4.78 is 46.3. The molecule has 0 radical (unpaired) electrons. The van der Waals surface area contributed by atoms with Gasteiger partial charge in [0.25, 0.3) is 17.4 Å². The normalized spacial score (nSPS) is 22.5. The second-order valence-electron chi connectivity index (χ2n) is 17.9. The zero-order valence-corrected chi connectivity index (χ0v) is 37.3. The number of amides is 4. The number of nitrogens with zero attached hydrogens (tertiary/aromatic N) is 6. The average Bonchev–Trinajstić information content (AvgIpc) is 3.61. The Kier molecular flexibility index (Phi) is 12.3. The number of hydrogen-bond acceptors (Lipinski definition) is 12. The maximum Gasteiger partial charge on any atom is 0.293 e. The van der Waals surface area contributed by atoms with E-state index >= 15 is 8.78 Å². The van der Waals surface area contributed by atoms with Gasteiger partial charge in [-0.2, -0.15) is 4.98 Å². The molecule has 2 aromatic carbocycles. The zero-order chi connectivity index (χ0) is 45.7. The second-order valence-corrected chi connectivity index (χ2v) is 18.3. The van der Waals surface area contributed by atoms with Crippen molar-refractivity contribution in [3.63, 3.8) is 0 Å². The number of likely N-dealkylation sites (tertiary alicyclic amines) is 1. The van der Waals surface area contributed by atoms with Crippen molar-refractivity contribution in [1.82, 2.24) is 35.0 Å². The maximum absolute atomic E-state index is 16.5. The number of alkyl halides is 1. The van der Waals surface area contributed by atoms with Crippen molar-refractivity contribution in [3.8, 4) is 5.75 Å². The first kappa shape index (κ1) is 44.5. The summed E-state index contributed by atoms with van der Waals surface area (Å²) in [5.41, 5.74) is -0.619. The number of pyridine rings is 1. The molecule has 1 saturated carbocycles. The number of anilines is 3. The number of hydrogen-bond donors (Lipinski definition) is 3. The van der Waals surface area contributed by atoms with E-state index in [9.17, 15) is 24.0 Å². The summed E-state index contributed by atoms with van der Waals surface area (Å²) in [4.78, 5) is 77.3. The van der Waals surface area contributed by atoms with E-state index in [0.717, 1.165) is 31.1 Å². The van der Waals surface area contributed by atoms with Gasteiger partial charge in [-0.25, -0.2) is 13.8 Å². The number of rotatable bonds is 12. The fraction of sp³-hybridized carbons (Fsp3) is 0.500. The Morgan fingerprint density at radius 1 is 1.02 bits per heavy atom. The number of likely N-dealkylation sites (N-methyl/N-ethyl adjacent to an activating group) is 1. The van der Waals surface area contributed by atoms with E-state index < -0.39 is 35.2 Å². The van der Waals surface area contributed by atoms with Gasteiger partial charge in [0.1, 0.15) is 22.6 Å². The molecule has 3 saturated heterocycles. The van der Waals surface area contributed by atoms with Crippen molar-refractivity contribution >= 4 is 63.6 Å². The van der Waals surface area contributed by atoms with Gasteiger partial charge in [-0.1, -0.05) is 17.7 Å². The molecule has 2 aromatic heterocycles. The largest absolute Gasteiger partial charge is 0.478 e. The molecule has 0 spiro atoms. The first-order chi connectivity index (χ1) is 31.2. The Bertz CT molecular complexity index is 2610. The molecule has 19 heteroatoms. The van der Waals surface area contributed by atoms with E-state index in [4.69, 9.17) is 26.1 Å². The summed E-state index contributed by atoms with van der Waals surface area (Å²) in [7, 11) is 1.50. The van der Waals surface area contributed by atoms with Crippen LogP contribution in [0.5, 0.6) is 5.75 Å². The fourth-order valence-electron chi connectivity index (χ4n) is 9.84. The highest BCUT2D eigenvalue weighted by molar-refractivity contribution is 6.33. The van der Waals surface area contributed by atoms with Crippen molar-refractivity contribution in [2.75, 3.05) is 50.1 Å². The van der Waals surface area contributed by atoms with Crippen LogP contribution in [0.3, 0.4) is 0 Å². The van der Waals surface area contributed by atoms with E-state index in [2.05, 4.69) is 30.7 Å². The van der Waals surface area contributed by atoms with Gasteiger partial charge < -0.3 is 34.5 Å². The average molecular weight is 916 g/mol. The van der Waals surface area contributed by atoms with Gasteiger partial charge in [0, 0.05) is 79.5 Å². The molecule has 4 fully saturated rings. The first-order valence-corrected chi connectivity index (χ1v) is 22.7. The minimum absolute atomic E-state index is 0.0431. The van der Waals surface area contributed by atoms with Crippen LogP contribution in [0.25, 0.3) is 10.9 Å². The van der Waals surface area contributed by atoms with Crippen molar-refractivity contribution in [2.24, 2.45) is 0 Å². The van der Waals surface area contributed by atoms with Crippen molar-refractivity contribution in [2.45, 2.75) is 108 Å². The molecule has 9 rings (SSSR count). The smallest absolute Gasteiger partial charge is 0.293 e. The number of carbonyl (C=O) groups excluding carboxylic acids is 4. The minimum Gasteiger partial charge on any atom is -0.478 e. The number of fused-ring (bicyclic) bond motifs is 2. The molecule has 1 atom stereocenters. The highest BCUT2D eigenvalue weighted by Gasteiger charge is 2.46. The lowest BCUT2D eigenvalue weighted by Gasteiger charge is -2.48. The van der Waals surface area contributed by atoms with Crippen LogP contribution in [0, 0.1) is 5.82 Å². The molecule has 0 unspecified atom stereocenters. The monoisotopic (exact) mass is 915 g/mol. The lowest BCUT2D eigenvalue weighted by Crippen LogP contribution is -2.53. The predicted octanol–water partition coefficient (Wildman–Crippen LogP) is 5.27. The van der Waals surface area contributed by atoms with E-state index in [1.54, 1.807) is 16.8 Å². The third kappa shape index (κ3) is 8.75. The molecule has 1 aliphatic carbocycles. The number of carbonyl (C=O) groups is 4. The van der Waals surface area contributed by atoms with Crippen molar-refractivity contribution < 1.29 is 37.4 Å². The van der Waals surface area contributed by atoms with Crippen LogP contribution in [0.1, 0.15) is 92.7 Å². The predicted molar refractivity (Wildman–Crippen MR) is 238 cm³/mol. The topological polar surface area (TPSA) is 180 Å². The standard InChI is InChI=1S/C46H52ClF2N9O7/c1-25(2)58-35-7-4-27(18-26(35)19-37(44(58)63)64-24-39(60)50-3)52-41-34(47)22-51-45(54-41)56-14-10-29(11-15-56)65-30-20-28(21-30)55-16-12-46(49,13-17-55)33-6-5-31-32(40(33)48)23-57(43(31)62)36-8-9-38(59)53-42(36)61/h4-7,18-19,22,25,28-30,36H,8-17,20-21,23-24H2,1-3H3,(H,50,60)(H,51,52,54)(H,53,59,61)/t28?,30?,36-/m1/s1. The highest BCUT2D eigenvalue weighted by atomic mass is 35.5. The summed E-state index contributed by atoms with van der Waals surface area (Å²) in [6, 6.07) is 9.28.